The molecule has 21 heavy (non-hydrogen) atoms. The summed E-state index contributed by atoms with van der Waals surface area (Å²) in [5.41, 5.74) is 7.83. The zero-order valence-electron chi connectivity index (χ0n) is 11.7. The van der Waals surface area contributed by atoms with Crippen LogP contribution in [-0.2, 0) is 6.42 Å². The molecule has 0 saturated carbocycles. The summed E-state index contributed by atoms with van der Waals surface area (Å²) in [7, 11) is 0. The third-order valence-corrected chi connectivity index (χ3v) is 3.85. The molecule has 2 N–H and O–H groups in total. The van der Waals surface area contributed by atoms with E-state index in [-0.39, 0.29) is 6.04 Å². The van der Waals surface area contributed by atoms with Gasteiger partial charge in [0.15, 0.2) is 0 Å². The average molecular weight is 393 g/mol. The largest absolute Gasteiger partial charge is 0.437 e. The van der Waals surface area contributed by atoms with Crippen LogP contribution in [-0.4, -0.2) is 15.4 Å². The Hall–Kier alpha value is -1.60. The summed E-state index contributed by atoms with van der Waals surface area (Å²) >= 11 is 2.27. The summed E-state index contributed by atoms with van der Waals surface area (Å²) in [5.74, 6) is 1.41. The lowest BCUT2D eigenvalue weighted by Gasteiger charge is -2.08. The van der Waals surface area contributed by atoms with E-state index in [2.05, 4.69) is 27.6 Å². The van der Waals surface area contributed by atoms with E-state index in [1.807, 2.05) is 60.0 Å². The summed E-state index contributed by atoms with van der Waals surface area (Å²) in [4.78, 5) is 4.57. The maximum Gasteiger partial charge on any atom is 0.241 e. The van der Waals surface area contributed by atoms with Crippen LogP contribution in [0.2, 0.25) is 0 Å². The lowest BCUT2D eigenvalue weighted by Crippen LogP contribution is -2.19. The van der Waals surface area contributed by atoms with Crippen LogP contribution >= 0.6 is 22.6 Å². The van der Waals surface area contributed by atoms with Gasteiger partial charge in [-0.3, -0.25) is 0 Å². The minimum Gasteiger partial charge on any atom is -0.437 e. The number of aromatic nitrogens is 2. The second-order valence-electron chi connectivity index (χ2n) is 5.03. The van der Waals surface area contributed by atoms with Gasteiger partial charge in [-0.2, -0.15) is 4.98 Å². The number of nitrogens with two attached hydrogens (primary N) is 1. The number of imidazole rings is 1. The molecule has 0 bridgehead atoms. The first kappa shape index (κ1) is 14.3. The Morgan fingerprint density at radius 2 is 2.00 bits per heavy atom. The van der Waals surface area contributed by atoms with Gasteiger partial charge >= 0.3 is 0 Å². The minimum atomic E-state index is 0.0455. The fourth-order valence-electron chi connectivity index (χ4n) is 2.21. The van der Waals surface area contributed by atoms with Gasteiger partial charge in [0.1, 0.15) is 11.4 Å². The van der Waals surface area contributed by atoms with Crippen LogP contribution in [0.15, 0.2) is 48.7 Å². The Bertz CT molecular complexity index is 750. The fraction of sp³-hybridized carbons (Fsp3) is 0.188. The van der Waals surface area contributed by atoms with E-state index in [0.29, 0.717) is 12.3 Å². The van der Waals surface area contributed by atoms with Crippen LogP contribution in [0, 0.1) is 3.57 Å². The number of hydrogen-bond acceptors (Lipinski definition) is 3. The van der Waals surface area contributed by atoms with Gasteiger partial charge in [0.05, 0.1) is 5.69 Å². The number of ether oxygens (including phenoxy) is 1. The van der Waals surface area contributed by atoms with Crippen LogP contribution in [0.5, 0.6) is 11.6 Å². The molecule has 5 heteroatoms. The van der Waals surface area contributed by atoms with Crippen molar-refractivity contribution >= 4 is 28.2 Å². The van der Waals surface area contributed by atoms with E-state index in [9.17, 15) is 0 Å². The molecule has 0 saturated heterocycles. The van der Waals surface area contributed by atoms with Gasteiger partial charge in [-0.1, -0.05) is 6.07 Å². The topological polar surface area (TPSA) is 52.5 Å². The number of benzene rings is 1. The molecule has 0 aliphatic heterocycles. The van der Waals surface area contributed by atoms with Crippen molar-refractivity contribution in [3.8, 4) is 11.6 Å². The molecule has 3 aromatic rings. The maximum atomic E-state index is 5.96. The molecular formula is C16H16IN3O. The summed E-state index contributed by atoms with van der Waals surface area (Å²) in [6, 6.07) is 13.9. The van der Waals surface area contributed by atoms with Crippen molar-refractivity contribution in [3.05, 3.63) is 57.9 Å². The first-order valence-electron chi connectivity index (χ1n) is 6.78. The Kier molecular flexibility index (Phi) is 4.12. The molecule has 1 aromatic carbocycles. The van der Waals surface area contributed by atoms with E-state index in [0.717, 1.165) is 17.1 Å². The van der Waals surface area contributed by atoms with E-state index < -0.39 is 0 Å². The van der Waals surface area contributed by atoms with Gasteiger partial charge in [0.25, 0.3) is 0 Å². The van der Waals surface area contributed by atoms with Crippen LogP contribution in [0.1, 0.15) is 12.6 Å². The first-order valence-corrected chi connectivity index (χ1v) is 7.86. The molecule has 1 atom stereocenters. The van der Waals surface area contributed by atoms with Crippen molar-refractivity contribution < 1.29 is 4.74 Å². The highest BCUT2D eigenvalue weighted by Gasteiger charge is 2.15. The highest BCUT2D eigenvalue weighted by atomic mass is 127. The van der Waals surface area contributed by atoms with Gasteiger partial charge in [-0.15, -0.1) is 0 Å². The standard InChI is InChI=1S/C16H16IN3O/c1-11(18)10-14-16(19-15-4-2-3-9-20(14)15)21-13-7-5-12(17)6-8-13/h2-9,11H,10,18H2,1H3. The van der Waals surface area contributed by atoms with E-state index >= 15 is 0 Å². The lowest BCUT2D eigenvalue weighted by molar-refractivity contribution is 0.456. The van der Waals surface area contributed by atoms with Crippen LogP contribution < -0.4 is 10.5 Å². The van der Waals surface area contributed by atoms with Crippen LogP contribution in [0.4, 0.5) is 0 Å². The van der Waals surface area contributed by atoms with Gasteiger partial charge in [0, 0.05) is 22.2 Å². The van der Waals surface area contributed by atoms with Gasteiger partial charge in [-0.25, -0.2) is 0 Å². The summed E-state index contributed by atoms with van der Waals surface area (Å²) < 4.78 is 9.16. The predicted molar refractivity (Wildman–Crippen MR) is 91.8 cm³/mol. The monoisotopic (exact) mass is 393 g/mol. The molecule has 0 radical (unpaired) electrons. The van der Waals surface area contributed by atoms with Crippen molar-refractivity contribution in [2.24, 2.45) is 5.73 Å². The zero-order valence-corrected chi connectivity index (χ0v) is 13.8. The highest BCUT2D eigenvalue weighted by molar-refractivity contribution is 14.1. The third-order valence-electron chi connectivity index (χ3n) is 3.14. The van der Waals surface area contributed by atoms with Gasteiger partial charge in [0.2, 0.25) is 5.88 Å². The molecule has 0 amide bonds. The molecule has 4 nitrogen and oxygen atoms in total. The minimum absolute atomic E-state index is 0.0455. The molecule has 0 fully saturated rings. The molecular weight excluding hydrogens is 377 g/mol. The number of nitrogens with zero attached hydrogens (tertiary/aromatic N) is 2. The Labute approximate surface area is 137 Å². The average Bonchev–Trinajstić information content (AvgIpc) is 2.79. The summed E-state index contributed by atoms with van der Waals surface area (Å²) in [5, 5.41) is 0. The van der Waals surface area contributed by atoms with Gasteiger partial charge < -0.3 is 14.9 Å². The fourth-order valence-corrected chi connectivity index (χ4v) is 2.57. The Morgan fingerprint density at radius 1 is 1.24 bits per heavy atom. The molecule has 3 rings (SSSR count). The molecule has 108 valence electrons. The second-order valence-corrected chi connectivity index (χ2v) is 6.28. The van der Waals surface area contributed by atoms with Crippen molar-refractivity contribution in [2.75, 3.05) is 0 Å². The van der Waals surface area contributed by atoms with Crippen molar-refractivity contribution in [2.45, 2.75) is 19.4 Å². The van der Waals surface area contributed by atoms with E-state index in [1.54, 1.807) is 0 Å². The summed E-state index contributed by atoms with van der Waals surface area (Å²) in [6.45, 7) is 1.98. The number of halogens is 1. The normalized spacial score (nSPS) is 12.5. The maximum absolute atomic E-state index is 5.96. The Morgan fingerprint density at radius 3 is 2.71 bits per heavy atom. The lowest BCUT2D eigenvalue weighted by atomic mass is 10.2. The van der Waals surface area contributed by atoms with Gasteiger partial charge in [-0.05, 0) is 65.9 Å². The van der Waals surface area contributed by atoms with Crippen molar-refractivity contribution in [3.63, 3.8) is 0 Å². The van der Waals surface area contributed by atoms with E-state index in [4.69, 9.17) is 10.5 Å². The smallest absolute Gasteiger partial charge is 0.241 e. The Balaban J connectivity index is 2.02. The quantitative estimate of drug-likeness (QED) is 0.689. The van der Waals surface area contributed by atoms with Crippen molar-refractivity contribution in [1.82, 2.24) is 9.38 Å². The number of pyridine rings is 1. The molecule has 0 aliphatic carbocycles. The van der Waals surface area contributed by atoms with Crippen LogP contribution in [0.3, 0.4) is 0 Å². The SMILES string of the molecule is CC(N)Cc1c(Oc2ccc(I)cc2)nc2ccccn12. The number of rotatable bonds is 4. The number of fused-ring (bicyclic) bond motifs is 1. The second kappa shape index (κ2) is 6.03. The molecule has 1 unspecified atom stereocenters. The molecule has 2 aromatic heterocycles. The molecule has 2 heterocycles. The third kappa shape index (κ3) is 3.19. The van der Waals surface area contributed by atoms with Crippen LogP contribution in [0.25, 0.3) is 5.65 Å². The predicted octanol–water partition coefficient (Wildman–Crippen LogP) is 3.62. The van der Waals surface area contributed by atoms with Crippen molar-refractivity contribution in [1.29, 1.82) is 0 Å². The molecule has 0 spiro atoms. The first-order chi connectivity index (χ1) is 10.1. The highest BCUT2D eigenvalue weighted by Crippen LogP contribution is 2.27. The summed E-state index contributed by atoms with van der Waals surface area (Å²) in [6.07, 6.45) is 2.70. The number of hydrogen-bond donors (Lipinski definition) is 1. The molecule has 0 aliphatic rings. The zero-order chi connectivity index (χ0) is 14.8. The van der Waals surface area contributed by atoms with E-state index in [1.165, 1.54) is 3.57 Å².